The predicted octanol–water partition coefficient (Wildman–Crippen LogP) is -1.12. The van der Waals surface area contributed by atoms with Crippen LogP contribution in [0.1, 0.15) is 6.92 Å². The average Bonchev–Trinajstić information content (AvgIpc) is 2.31. The molecule has 2 N–H and O–H groups in total. The van der Waals surface area contributed by atoms with Crippen molar-refractivity contribution in [2.45, 2.75) is 37.6 Å². The zero-order valence-corrected chi connectivity index (χ0v) is 11.1. The van der Waals surface area contributed by atoms with Gasteiger partial charge in [-0.15, -0.1) is 0 Å². The molecule has 106 valence electrons. The highest BCUT2D eigenvalue weighted by Gasteiger charge is 2.46. The van der Waals surface area contributed by atoms with E-state index in [0.29, 0.717) is 0 Å². The highest BCUT2D eigenvalue weighted by atomic mass is 16.7. The monoisotopic (exact) mass is 263 g/mol. The summed E-state index contributed by atoms with van der Waals surface area (Å²) in [7, 11) is 4.46. The normalized spacial score (nSPS) is 36.4. The molecule has 0 aromatic rings. The number of rotatable bonds is 5. The molecule has 7 heteroatoms. The summed E-state index contributed by atoms with van der Waals surface area (Å²) in [6.45, 7) is 1.64. The number of hydrogen-bond donors (Lipinski definition) is 2. The molecule has 0 unspecified atom stereocenters. The lowest BCUT2D eigenvalue weighted by Gasteiger charge is -2.43. The Labute approximate surface area is 106 Å². The van der Waals surface area contributed by atoms with Crippen LogP contribution in [0.5, 0.6) is 0 Å². The van der Waals surface area contributed by atoms with Gasteiger partial charge in [-0.2, -0.15) is 0 Å². The smallest absolute Gasteiger partial charge is 0.217 e. The summed E-state index contributed by atoms with van der Waals surface area (Å²) in [5.41, 5.74) is 0. The maximum absolute atomic E-state index is 11.2. The van der Waals surface area contributed by atoms with Crippen LogP contribution in [0.4, 0.5) is 0 Å². The molecule has 1 heterocycles. The van der Waals surface area contributed by atoms with Crippen molar-refractivity contribution in [3.8, 4) is 0 Å². The summed E-state index contributed by atoms with van der Waals surface area (Å²) in [4.78, 5) is 11.2. The molecule has 0 aromatic carbocycles. The van der Waals surface area contributed by atoms with Crippen molar-refractivity contribution in [1.29, 1.82) is 0 Å². The highest BCUT2D eigenvalue weighted by molar-refractivity contribution is 5.73. The first-order valence-corrected chi connectivity index (χ1v) is 5.70. The molecule has 18 heavy (non-hydrogen) atoms. The quantitative estimate of drug-likeness (QED) is 0.654. The van der Waals surface area contributed by atoms with Gasteiger partial charge in [0.25, 0.3) is 0 Å². The minimum Gasteiger partial charge on any atom is -0.382 e. The minimum absolute atomic E-state index is 0.210. The molecule has 0 spiro atoms. The molecule has 1 aliphatic heterocycles. The molecular weight excluding hydrogens is 242 g/mol. The van der Waals surface area contributed by atoms with E-state index in [1.807, 2.05) is 0 Å². The largest absolute Gasteiger partial charge is 0.382 e. The number of aliphatic hydroxyl groups is 1. The van der Waals surface area contributed by atoms with Crippen molar-refractivity contribution in [1.82, 2.24) is 5.32 Å². The van der Waals surface area contributed by atoms with Gasteiger partial charge in [-0.1, -0.05) is 0 Å². The summed E-state index contributed by atoms with van der Waals surface area (Å²) < 4.78 is 20.9. The second-order valence-corrected chi connectivity index (χ2v) is 4.15. The molecule has 1 fully saturated rings. The fourth-order valence-electron chi connectivity index (χ4n) is 2.17. The van der Waals surface area contributed by atoms with Crippen LogP contribution in [-0.2, 0) is 23.7 Å². The van der Waals surface area contributed by atoms with Gasteiger partial charge in [0.05, 0.1) is 12.6 Å². The highest BCUT2D eigenvalue weighted by Crippen LogP contribution is 2.24. The lowest BCUT2D eigenvalue weighted by atomic mass is 9.96. The maximum Gasteiger partial charge on any atom is 0.217 e. The summed E-state index contributed by atoms with van der Waals surface area (Å²) in [5.74, 6) is -0.210. The molecule has 5 atom stereocenters. The number of nitrogens with one attached hydrogen (secondary N) is 1. The second-order valence-electron chi connectivity index (χ2n) is 4.15. The third-order valence-corrected chi connectivity index (χ3v) is 2.92. The molecule has 1 saturated heterocycles. The Kier molecular flexibility index (Phi) is 5.97. The third-order valence-electron chi connectivity index (χ3n) is 2.92. The standard InChI is InChI=1S/C11H21NO6/c1-6(13)12-8-7(5-15-2)18-11(14)10(17-4)9(8)16-3/h7-11,14H,5H2,1-4H3,(H,12,13)/t7-,8+,9+,10-,11+/m1/s1. The van der Waals surface area contributed by atoms with E-state index in [1.165, 1.54) is 28.3 Å². The number of ether oxygens (including phenoxy) is 4. The number of aliphatic hydroxyl groups excluding tert-OH is 1. The Bertz CT molecular complexity index is 274. The fourth-order valence-corrected chi connectivity index (χ4v) is 2.17. The van der Waals surface area contributed by atoms with Crippen LogP contribution in [-0.4, -0.2) is 69.6 Å². The number of carbonyl (C=O) groups is 1. The number of carbonyl (C=O) groups excluding carboxylic acids is 1. The zero-order chi connectivity index (χ0) is 13.7. The first kappa shape index (κ1) is 15.3. The van der Waals surface area contributed by atoms with E-state index < -0.39 is 30.6 Å². The van der Waals surface area contributed by atoms with Crippen LogP contribution < -0.4 is 5.32 Å². The van der Waals surface area contributed by atoms with E-state index in [1.54, 1.807) is 0 Å². The van der Waals surface area contributed by atoms with Crippen molar-refractivity contribution in [3.05, 3.63) is 0 Å². The van der Waals surface area contributed by atoms with Gasteiger partial charge >= 0.3 is 0 Å². The van der Waals surface area contributed by atoms with Crippen LogP contribution in [0, 0.1) is 0 Å². The van der Waals surface area contributed by atoms with Gasteiger partial charge < -0.3 is 29.4 Å². The van der Waals surface area contributed by atoms with Gasteiger partial charge in [-0.05, 0) is 0 Å². The van der Waals surface area contributed by atoms with E-state index >= 15 is 0 Å². The Morgan fingerprint density at radius 2 is 1.89 bits per heavy atom. The van der Waals surface area contributed by atoms with E-state index in [4.69, 9.17) is 18.9 Å². The molecule has 7 nitrogen and oxygen atoms in total. The Morgan fingerprint density at radius 1 is 1.28 bits per heavy atom. The minimum atomic E-state index is -1.12. The first-order chi connectivity index (χ1) is 8.54. The van der Waals surface area contributed by atoms with Crippen molar-refractivity contribution in [2.75, 3.05) is 27.9 Å². The van der Waals surface area contributed by atoms with Crippen molar-refractivity contribution in [3.63, 3.8) is 0 Å². The van der Waals surface area contributed by atoms with Gasteiger partial charge in [-0.25, -0.2) is 0 Å². The third kappa shape index (κ3) is 3.39. The van der Waals surface area contributed by atoms with Crippen LogP contribution in [0.3, 0.4) is 0 Å². The van der Waals surface area contributed by atoms with Crippen molar-refractivity contribution in [2.24, 2.45) is 0 Å². The van der Waals surface area contributed by atoms with Gasteiger partial charge in [0, 0.05) is 28.3 Å². The second kappa shape index (κ2) is 7.01. The predicted molar refractivity (Wildman–Crippen MR) is 62.0 cm³/mol. The molecule has 0 aliphatic carbocycles. The Morgan fingerprint density at radius 3 is 2.33 bits per heavy atom. The fraction of sp³-hybridized carbons (Fsp3) is 0.909. The Balaban J connectivity index is 2.89. The summed E-state index contributed by atoms with van der Waals surface area (Å²) in [6.07, 6.45) is -2.79. The maximum atomic E-state index is 11.2. The van der Waals surface area contributed by atoms with Gasteiger partial charge in [0.1, 0.15) is 18.3 Å². The number of amides is 1. The lowest BCUT2D eigenvalue weighted by Crippen LogP contribution is -2.65. The molecule has 0 radical (unpaired) electrons. The van der Waals surface area contributed by atoms with Crippen molar-refractivity contribution < 1.29 is 28.8 Å². The molecular formula is C11H21NO6. The van der Waals surface area contributed by atoms with Crippen LogP contribution in [0.15, 0.2) is 0 Å². The summed E-state index contributed by atoms with van der Waals surface area (Å²) in [5, 5.41) is 12.6. The van der Waals surface area contributed by atoms with Gasteiger partial charge in [0.2, 0.25) is 5.91 Å². The van der Waals surface area contributed by atoms with Crippen molar-refractivity contribution >= 4 is 5.91 Å². The van der Waals surface area contributed by atoms with E-state index in [2.05, 4.69) is 5.32 Å². The number of methoxy groups -OCH3 is 3. The molecule has 1 rings (SSSR count). The zero-order valence-electron chi connectivity index (χ0n) is 11.1. The topological polar surface area (TPSA) is 86.2 Å². The van der Waals surface area contributed by atoms with Crippen LogP contribution in [0.2, 0.25) is 0 Å². The molecule has 0 saturated carbocycles. The van der Waals surface area contributed by atoms with Gasteiger partial charge in [0.15, 0.2) is 6.29 Å². The Hall–Kier alpha value is -0.730. The van der Waals surface area contributed by atoms with E-state index in [0.717, 1.165) is 0 Å². The molecule has 0 aromatic heterocycles. The van der Waals surface area contributed by atoms with E-state index in [-0.39, 0.29) is 12.5 Å². The van der Waals surface area contributed by atoms with Crippen LogP contribution in [0.25, 0.3) is 0 Å². The SMILES string of the molecule is COC[C@H]1O[C@H](O)[C@H](OC)[C@@H](OC)[C@H]1NC(C)=O. The van der Waals surface area contributed by atoms with E-state index in [9.17, 15) is 9.90 Å². The summed E-state index contributed by atoms with van der Waals surface area (Å²) >= 11 is 0. The number of hydrogen-bond acceptors (Lipinski definition) is 6. The summed E-state index contributed by atoms with van der Waals surface area (Å²) in [6, 6.07) is -0.444. The molecule has 0 bridgehead atoms. The van der Waals surface area contributed by atoms with Gasteiger partial charge in [-0.3, -0.25) is 4.79 Å². The molecule has 1 amide bonds. The average molecular weight is 263 g/mol. The first-order valence-electron chi connectivity index (χ1n) is 5.70. The van der Waals surface area contributed by atoms with Crippen LogP contribution >= 0.6 is 0 Å². The molecule has 1 aliphatic rings. The lowest BCUT2D eigenvalue weighted by molar-refractivity contribution is -0.273.